The summed E-state index contributed by atoms with van der Waals surface area (Å²) in [7, 11) is 0. The van der Waals surface area contributed by atoms with Gasteiger partial charge in [0.25, 0.3) is 5.91 Å². The van der Waals surface area contributed by atoms with E-state index in [-0.39, 0.29) is 16.8 Å². The fraction of sp³-hybridized carbons (Fsp3) is 0.130. The minimum absolute atomic E-state index is 0.0600. The Hall–Kier alpha value is -3.27. The monoisotopic (exact) mass is 498 g/mol. The highest BCUT2D eigenvalue weighted by Gasteiger charge is 2.14. The number of hydrogen-bond donors (Lipinski definition) is 3. The number of furan rings is 1. The van der Waals surface area contributed by atoms with Crippen LogP contribution in [-0.4, -0.2) is 21.9 Å². The highest BCUT2D eigenvalue weighted by Crippen LogP contribution is 2.29. The van der Waals surface area contributed by atoms with Crippen molar-refractivity contribution in [1.29, 1.82) is 0 Å². The van der Waals surface area contributed by atoms with Crippen molar-refractivity contribution in [2.75, 3.05) is 10.6 Å². The van der Waals surface area contributed by atoms with E-state index < -0.39 is 5.91 Å². The number of amides is 2. The molecule has 0 aliphatic carbocycles. The molecule has 0 unspecified atom stereocenters. The molecule has 0 radical (unpaired) electrons. The number of nitrogens with one attached hydrogen (secondary N) is 3. The molecule has 0 saturated carbocycles. The number of thiocarbonyl (C=S) groups is 1. The molecule has 2 aromatic carbocycles. The Labute approximate surface area is 204 Å². The van der Waals surface area contributed by atoms with E-state index in [2.05, 4.69) is 20.9 Å². The van der Waals surface area contributed by atoms with Crippen LogP contribution in [-0.2, 0) is 4.79 Å². The summed E-state index contributed by atoms with van der Waals surface area (Å²) in [5.74, 6) is 0.120. The molecular weight excluding hydrogens is 480 g/mol. The summed E-state index contributed by atoms with van der Waals surface area (Å²) in [6.07, 6.45) is 1.22. The molecule has 2 heterocycles. The van der Waals surface area contributed by atoms with E-state index in [0.29, 0.717) is 28.0 Å². The lowest BCUT2D eigenvalue weighted by molar-refractivity contribution is -0.116. The topological polar surface area (TPSA) is 96.3 Å². The maximum absolute atomic E-state index is 12.5. The summed E-state index contributed by atoms with van der Waals surface area (Å²) in [4.78, 5) is 28.7. The number of hydrogen-bond acceptors (Lipinski definition) is 6. The minimum atomic E-state index is -0.472. The molecule has 0 aliphatic rings. The van der Waals surface area contributed by atoms with Crippen molar-refractivity contribution < 1.29 is 14.0 Å². The van der Waals surface area contributed by atoms with Crippen molar-refractivity contribution in [1.82, 2.24) is 10.3 Å². The molecule has 0 aliphatic heterocycles. The van der Waals surface area contributed by atoms with Gasteiger partial charge in [-0.15, -0.1) is 0 Å². The number of nitrogens with zero attached hydrogens (tertiary/aromatic N) is 1. The zero-order chi connectivity index (χ0) is 23.4. The molecule has 4 aromatic rings. The van der Waals surface area contributed by atoms with Gasteiger partial charge in [-0.3, -0.25) is 14.9 Å². The van der Waals surface area contributed by atoms with E-state index in [4.69, 9.17) is 28.2 Å². The zero-order valence-corrected chi connectivity index (χ0v) is 19.9. The molecule has 0 bridgehead atoms. The van der Waals surface area contributed by atoms with Gasteiger partial charge >= 0.3 is 0 Å². The number of aromatic nitrogens is 1. The first-order chi connectivity index (χ1) is 15.9. The highest BCUT2D eigenvalue weighted by atomic mass is 35.5. The van der Waals surface area contributed by atoms with Gasteiger partial charge in [0.1, 0.15) is 5.76 Å². The fourth-order valence-corrected chi connectivity index (χ4v) is 4.37. The molecule has 168 valence electrons. The van der Waals surface area contributed by atoms with Crippen LogP contribution in [0.1, 0.15) is 30.3 Å². The van der Waals surface area contributed by atoms with Crippen LogP contribution in [0.5, 0.6) is 0 Å². The Morgan fingerprint density at radius 1 is 1.12 bits per heavy atom. The van der Waals surface area contributed by atoms with Gasteiger partial charge < -0.3 is 15.1 Å². The number of halogens is 1. The van der Waals surface area contributed by atoms with Crippen LogP contribution in [0.3, 0.4) is 0 Å². The van der Waals surface area contributed by atoms with Crippen LogP contribution in [0.4, 0.5) is 10.8 Å². The van der Waals surface area contributed by atoms with Gasteiger partial charge in [0, 0.05) is 22.7 Å². The van der Waals surface area contributed by atoms with E-state index >= 15 is 0 Å². The van der Waals surface area contributed by atoms with Crippen LogP contribution < -0.4 is 16.0 Å². The predicted molar refractivity (Wildman–Crippen MR) is 136 cm³/mol. The van der Waals surface area contributed by atoms with Gasteiger partial charge in [-0.1, -0.05) is 42.0 Å². The van der Waals surface area contributed by atoms with Gasteiger partial charge in [-0.05, 0) is 61.1 Å². The Balaban J connectivity index is 1.39. The van der Waals surface area contributed by atoms with E-state index in [1.165, 1.54) is 11.3 Å². The predicted octanol–water partition coefficient (Wildman–Crippen LogP) is 6.08. The van der Waals surface area contributed by atoms with Crippen LogP contribution in [0, 0.1) is 0 Å². The molecule has 3 N–H and O–H groups in total. The van der Waals surface area contributed by atoms with Crippen LogP contribution in [0.15, 0.2) is 59.0 Å². The first kappa shape index (κ1) is 22.9. The van der Waals surface area contributed by atoms with E-state index in [9.17, 15) is 9.59 Å². The molecule has 0 spiro atoms. The fourth-order valence-electron chi connectivity index (χ4n) is 3.05. The number of carbonyl (C=O) groups excluding carboxylic acids is 2. The van der Waals surface area contributed by atoms with Crippen LogP contribution in [0.2, 0.25) is 5.02 Å². The van der Waals surface area contributed by atoms with Gasteiger partial charge in [0.15, 0.2) is 16.0 Å². The van der Waals surface area contributed by atoms with Crippen molar-refractivity contribution in [2.45, 2.75) is 19.8 Å². The average Bonchev–Trinajstić information content (AvgIpc) is 3.40. The lowest BCUT2D eigenvalue weighted by atomic mass is 10.2. The molecule has 2 amide bonds. The quantitative estimate of drug-likeness (QED) is 0.279. The molecule has 7 nitrogen and oxygen atoms in total. The SMILES string of the molecule is CCCC(=O)Nc1nc2ccc(NC(=S)NC(=O)c3ccc(-c4cccc(Cl)c4)o3)cc2s1. The van der Waals surface area contributed by atoms with Crippen molar-refractivity contribution in [3.05, 3.63) is 65.4 Å². The number of thiazole rings is 1. The Kier molecular flexibility index (Phi) is 7.02. The summed E-state index contributed by atoms with van der Waals surface area (Å²) in [5, 5.41) is 9.64. The van der Waals surface area contributed by atoms with Crippen molar-refractivity contribution in [3.63, 3.8) is 0 Å². The summed E-state index contributed by atoms with van der Waals surface area (Å²) in [6.45, 7) is 1.95. The van der Waals surface area contributed by atoms with Crippen LogP contribution in [0.25, 0.3) is 21.5 Å². The second kappa shape index (κ2) is 10.1. The largest absolute Gasteiger partial charge is 0.451 e. The maximum Gasteiger partial charge on any atom is 0.293 e. The van der Waals surface area contributed by atoms with Gasteiger partial charge in [0.05, 0.1) is 10.2 Å². The molecule has 2 aromatic heterocycles. The van der Waals surface area contributed by atoms with E-state index in [0.717, 1.165) is 22.2 Å². The molecule has 10 heteroatoms. The smallest absolute Gasteiger partial charge is 0.293 e. The summed E-state index contributed by atoms with van der Waals surface area (Å²) in [5.41, 5.74) is 2.21. The Morgan fingerprint density at radius 2 is 1.97 bits per heavy atom. The summed E-state index contributed by atoms with van der Waals surface area (Å²) >= 11 is 12.7. The minimum Gasteiger partial charge on any atom is -0.451 e. The van der Waals surface area contributed by atoms with E-state index in [1.807, 2.05) is 25.1 Å². The third-order valence-corrected chi connectivity index (χ3v) is 5.91. The molecular formula is C23H19ClN4O3S2. The Bertz CT molecular complexity index is 1350. The first-order valence-corrected chi connectivity index (χ1v) is 11.7. The maximum atomic E-state index is 12.5. The number of anilines is 2. The van der Waals surface area contributed by atoms with Gasteiger partial charge in [-0.25, -0.2) is 4.98 Å². The zero-order valence-electron chi connectivity index (χ0n) is 17.5. The number of carbonyl (C=O) groups is 2. The number of rotatable bonds is 6. The molecule has 0 atom stereocenters. The lowest BCUT2D eigenvalue weighted by Gasteiger charge is -2.08. The Morgan fingerprint density at radius 3 is 2.76 bits per heavy atom. The number of benzene rings is 2. The average molecular weight is 499 g/mol. The van der Waals surface area contributed by atoms with Crippen molar-refractivity contribution in [2.24, 2.45) is 0 Å². The normalized spacial score (nSPS) is 10.7. The first-order valence-electron chi connectivity index (χ1n) is 10.1. The summed E-state index contributed by atoms with van der Waals surface area (Å²) < 4.78 is 6.52. The van der Waals surface area contributed by atoms with Gasteiger partial charge in [-0.2, -0.15) is 0 Å². The molecule has 33 heavy (non-hydrogen) atoms. The standard InChI is InChI=1S/C23H19ClN4O3S2/c1-2-4-20(29)27-23-26-16-8-7-15(12-19(16)33-23)25-22(32)28-21(30)18-10-9-17(31-18)13-5-3-6-14(24)11-13/h3,5-12H,2,4H2,1H3,(H,26,27,29)(H2,25,28,30,32). The van der Waals surface area contributed by atoms with Crippen molar-refractivity contribution in [3.8, 4) is 11.3 Å². The summed E-state index contributed by atoms with van der Waals surface area (Å²) in [6, 6.07) is 15.9. The van der Waals surface area contributed by atoms with Gasteiger partial charge in [0.2, 0.25) is 5.91 Å². The third kappa shape index (κ3) is 5.75. The van der Waals surface area contributed by atoms with E-state index in [1.54, 1.807) is 36.4 Å². The van der Waals surface area contributed by atoms with Crippen LogP contribution >= 0.6 is 35.2 Å². The second-order valence-corrected chi connectivity index (χ2v) is 8.96. The molecule has 0 fully saturated rings. The molecule has 0 saturated heterocycles. The van der Waals surface area contributed by atoms with Crippen molar-refractivity contribution >= 4 is 73.1 Å². The molecule has 4 rings (SSSR count). The number of fused-ring (bicyclic) bond motifs is 1. The second-order valence-electron chi connectivity index (χ2n) is 7.08. The third-order valence-electron chi connectivity index (χ3n) is 4.54. The lowest BCUT2D eigenvalue weighted by Crippen LogP contribution is -2.33. The highest BCUT2D eigenvalue weighted by molar-refractivity contribution is 7.80.